The molecule has 44 heavy (non-hydrogen) atoms. The van der Waals surface area contributed by atoms with Crippen LogP contribution < -0.4 is 24.8 Å². The second-order valence-corrected chi connectivity index (χ2v) is 10.8. The fraction of sp³-hybridized carbons (Fsp3) is 0.242. The number of amides is 1. The van der Waals surface area contributed by atoms with Crippen LogP contribution in [0.2, 0.25) is 0 Å². The summed E-state index contributed by atoms with van der Waals surface area (Å²) in [5, 5.41) is 11.3. The van der Waals surface area contributed by atoms with E-state index in [9.17, 15) is 9.18 Å². The lowest BCUT2D eigenvalue weighted by atomic mass is 9.98. The van der Waals surface area contributed by atoms with E-state index in [0.717, 1.165) is 59.7 Å². The van der Waals surface area contributed by atoms with Crippen LogP contribution in [0.25, 0.3) is 16.8 Å². The van der Waals surface area contributed by atoms with Gasteiger partial charge in [-0.3, -0.25) is 4.79 Å². The van der Waals surface area contributed by atoms with Crippen molar-refractivity contribution in [2.24, 2.45) is 0 Å². The maximum Gasteiger partial charge on any atom is 0.256 e. The molecule has 1 aliphatic rings. The lowest BCUT2D eigenvalue weighted by molar-refractivity contribution is 0.0977. The van der Waals surface area contributed by atoms with E-state index in [1.807, 2.05) is 34.8 Å². The van der Waals surface area contributed by atoms with Crippen LogP contribution in [0.5, 0.6) is 17.2 Å². The van der Waals surface area contributed by atoms with Gasteiger partial charge in [0.2, 0.25) is 5.75 Å². The molecular formula is C33H32FN5O4S. The van der Waals surface area contributed by atoms with Gasteiger partial charge in [0.05, 0.1) is 27.9 Å². The van der Waals surface area contributed by atoms with E-state index in [0.29, 0.717) is 35.1 Å². The van der Waals surface area contributed by atoms with E-state index in [4.69, 9.17) is 31.5 Å². The molecule has 2 aromatic heterocycles. The molecule has 3 aromatic carbocycles. The number of rotatable bonds is 9. The molecule has 3 heterocycles. The summed E-state index contributed by atoms with van der Waals surface area (Å²) in [4.78, 5) is 13.9. The number of aromatic nitrogens is 3. The minimum absolute atomic E-state index is 0.243. The monoisotopic (exact) mass is 613 g/mol. The summed E-state index contributed by atoms with van der Waals surface area (Å²) in [5.74, 6) is 1.21. The summed E-state index contributed by atoms with van der Waals surface area (Å²) in [5.41, 5.74) is 5.76. The van der Waals surface area contributed by atoms with Crippen LogP contribution in [-0.2, 0) is 19.5 Å². The van der Waals surface area contributed by atoms with Crippen LogP contribution in [0, 0.1) is 5.82 Å². The van der Waals surface area contributed by atoms with Crippen molar-refractivity contribution in [1.82, 2.24) is 19.5 Å². The van der Waals surface area contributed by atoms with E-state index in [1.54, 1.807) is 24.3 Å². The average Bonchev–Trinajstić information content (AvgIpc) is 3.45. The van der Waals surface area contributed by atoms with Crippen LogP contribution in [0.15, 0.2) is 66.7 Å². The molecule has 0 radical (unpaired) electrons. The van der Waals surface area contributed by atoms with Crippen LogP contribution >= 0.6 is 12.2 Å². The number of nitrogens with zero attached hydrogens (tertiary/aromatic N) is 3. The number of benzene rings is 3. The lowest BCUT2D eigenvalue weighted by Gasteiger charge is -2.15. The van der Waals surface area contributed by atoms with Crippen LogP contribution in [0.3, 0.4) is 0 Å². The molecule has 6 rings (SSSR count). The molecule has 5 aromatic rings. The Labute approximate surface area is 259 Å². The number of ether oxygens (including phenoxy) is 3. The molecule has 226 valence electrons. The second-order valence-electron chi connectivity index (χ2n) is 10.4. The Hall–Kier alpha value is -4.90. The van der Waals surface area contributed by atoms with Crippen LogP contribution in [0.1, 0.15) is 40.3 Å². The highest BCUT2D eigenvalue weighted by Crippen LogP contribution is 2.39. The van der Waals surface area contributed by atoms with Gasteiger partial charge in [-0.2, -0.15) is 5.10 Å². The molecule has 0 saturated carbocycles. The molecule has 1 amide bonds. The van der Waals surface area contributed by atoms with Crippen molar-refractivity contribution >= 4 is 34.4 Å². The Balaban J connectivity index is 1.43. The maximum absolute atomic E-state index is 13.6. The highest BCUT2D eigenvalue weighted by atomic mass is 32.1. The van der Waals surface area contributed by atoms with Gasteiger partial charge >= 0.3 is 0 Å². The maximum atomic E-state index is 13.6. The number of carbonyl (C=O) groups is 1. The van der Waals surface area contributed by atoms with Crippen LogP contribution in [-0.4, -0.2) is 46.4 Å². The summed E-state index contributed by atoms with van der Waals surface area (Å²) in [6, 6.07) is 19.5. The lowest BCUT2D eigenvalue weighted by Crippen LogP contribution is -2.31. The molecule has 1 aliphatic heterocycles. The molecule has 11 heteroatoms. The molecule has 9 nitrogen and oxygen atoms in total. The highest BCUT2D eigenvalue weighted by molar-refractivity contribution is 7.80. The highest BCUT2D eigenvalue weighted by Gasteiger charge is 2.30. The fourth-order valence-corrected chi connectivity index (χ4v) is 6.04. The molecule has 2 N–H and O–H groups in total. The molecule has 0 aliphatic carbocycles. The van der Waals surface area contributed by atoms with Crippen molar-refractivity contribution in [2.45, 2.75) is 32.4 Å². The molecule has 0 unspecified atom stereocenters. The first kappa shape index (κ1) is 29.2. The quantitative estimate of drug-likeness (QED) is 0.197. The normalized spacial score (nSPS) is 12.5. The Bertz CT molecular complexity index is 1830. The van der Waals surface area contributed by atoms with Crippen molar-refractivity contribution in [3.8, 4) is 28.4 Å². The summed E-state index contributed by atoms with van der Waals surface area (Å²) in [6.45, 7) is 1.22. The third-order valence-electron chi connectivity index (χ3n) is 7.79. The number of carbonyl (C=O) groups excluding carboxylic acids is 1. The molecule has 0 saturated heterocycles. The minimum atomic E-state index is -0.422. The predicted octanol–water partition coefficient (Wildman–Crippen LogP) is 6.02. The first-order valence-corrected chi connectivity index (χ1v) is 14.7. The largest absolute Gasteiger partial charge is 0.493 e. The summed E-state index contributed by atoms with van der Waals surface area (Å²) < 4.78 is 33.9. The number of methoxy groups -OCH3 is 3. The molecule has 0 spiro atoms. The van der Waals surface area contributed by atoms with Crippen molar-refractivity contribution in [3.63, 3.8) is 0 Å². The number of thiocarbonyl (C=S) groups is 1. The zero-order valence-corrected chi connectivity index (χ0v) is 25.5. The number of aryl methyl sites for hydroxylation is 2. The number of halogens is 1. The molecule has 0 atom stereocenters. The Morgan fingerprint density at radius 3 is 2.34 bits per heavy atom. The Kier molecular flexibility index (Phi) is 8.21. The number of anilines is 1. The van der Waals surface area contributed by atoms with Gasteiger partial charge < -0.3 is 29.4 Å². The second kappa shape index (κ2) is 12.4. The van der Waals surface area contributed by atoms with Crippen molar-refractivity contribution in [3.05, 3.63) is 95.2 Å². The zero-order chi connectivity index (χ0) is 30.8. The summed E-state index contributed by atoms with van der Waals surface area (Å²) in [6.07, 6.45) is 2.83. The average molecular weight is 614 g/mol. The third kappa shape index (κ3) is 5.35. The smallest absolute Gasteiger partial charge is 0.256 e. The van der Waals surface area contributed by atoms with Gasteiger partial charge in [0.15, 0.2) is 17.3 Å². The third-order valence-corrected chi connectivity index (χ3v) is 8.08. The van der Waals surface area contributed by atoms with E-state index >= 15 is 0 Å². The number of nitrogens with one attached hydrogen (secondary N) is 2. The standard InChI is InChI=1S/C33H32FN5O4S/c1-41-25-17-21(18-26(42-2)30(25)43-3)31(40)36-32(44)29-28(20-9-5-4-6-10-20)24-11-7-8-16-38-27(37-39(29)33(24)38)19-35-23-14-12-22(34)13-15-23/h4-6,9-10,12-15,17-18,35H,7-8,11,16,19H2,1-3H3,(H,36,40,44). The molecule has 0 bridgehead atoms. The molecule has 0 fully saturated rings. The number of hydrogen-bond acceptors (Lipinski definition) is 7. The molecular weight excluding hydrogens is 581 g/mol. The van der Waals surface area contributed by atoms with Gasteiger partial charge in [-0.25, -0.2) is 8.91 Å². The Morgan fingerprint density at radius 1 is 0.977 bits per heavy atom. The Morgan fingerprint density at radius 2 is 1.68 bits per heavy atom. The van der Waals surface area contributed by atoms with E-state index in [1.165, 1.54) is 33.5 Å². The summed E-state index contributed by atoms with van der Waals surface area (Å²) in [7, 11) is 4.50. The summed E-state index contributed by atoms with van der Waals surface area (Å²) >= 11 is 5.96. The van der Waals surface area contributed by atoms with Crippen LogP contribution in [0.4, 0.5) is 10.1 Å². The zero-order valence-electron chi connectivity index (χ0n) is 24.6. The van der Waals surface area contributed by atoms with Crippen molar-refractivity contribution in [1.29, 1.82) is 0 Å². The van der Waals surface area contributed by atoms with E-state index in [2.05, 4.69) is 15.2 Å². The van der Waals surface area contributed by atoms with Gasteiger partial charge in [0, 0.05) is 28.9 Å². The van der Waals surface area contributed by atoms with E-state index < -0.39 is 5.91 Å². The van der Waals surface area contributed by atoms with Crippen molar-refractivity contribution < 1.29 is 23.4 Å². The van der Waals surface area contributed by atoms with Gasteiger partial charge in [0.25, 0.3) is 5.91 Å². The SMILES string of the molecule is COc1cc(C(=O)NC(=S)c2c(-c3ccccc3)c3c4n(c(CNc5ccc(F)cc5)nn24)CCCC3)cc(OC)c1OC. The first-order chi connectivity index (χ1) is 21.4. The first-order valence-electron chi connectivity index (χ1n) is 14.3. The van der Waals surface area contributed by atoms with Gasteiger partial charge in [-0.05, 0) is 61.2 Å². The van der Waals surface area contributed by atoms with Gasteiger partial charge in [-0.15, -0.1) is 0 Å². The predicted molar refractivity (Wildman–Crippen MR) is 171 cm³/mol. The van der Waals surface area contributed by atoms with E-state index in [-0.39, 0.29) is 10.8 Å². The topological polar surface area (TPSA) is 91.1 Å². The van der Waals surface area contributed by atoms with Gasteiger partial charge in [-0.1, -0.05) is 42.5 Å². The fourth-order valence-electron chi connectivity index (χ4n) is 5.76. The number of hydrogen-bond donors (Lipinski definition) is 2. The van der Waals surface area contributed by atoms with Crippen molar-refractivity contribution in [2.75, 3.05) is 26.6 Å². The van der Waals surface area contributed by atoms with Gasteiger partial charge in [0.1, 0.15) is 22.1 Å². The minimum Gasteiger partial charge on any atom is -0.493 e.